The van der Waals surface area contributed by atoms with Crippen LogP contribution in [-0.2, 0) is 9.53 Å². The fourth-order valence-corrected chi connectivity index (χ4v) is 2.33. The standard InChI is InChI=1S/C13H27N3O2/c1-3-16-7-5-11(6-8-16)15-13(17)9-12(10-14)18-4-2/h11-12H,3-10,14H2,1-2H3,(H,15,17). The Kier molecular flexibility index (Phi) is 7.23. The average molecular weight is 257 g/mol. The minimum atomic E-state index is -0.147. The highest BCUT2D eigenvalue weighted by Gasteiger charge is 2.21. The Bertz CT molecular complexity index is 240. The van der Waals surface area contributed by atoms with Gasteiger partial charge in [-0.1, -0.05) is 6.92 Å². The van der Waals surface area contributed by atoms with Gasteiger partial charge >= 0.3 is 0 Å². The maximum Gasteiger partial charge on any atom is 0.222 e. The number of carbonyl (C=O) groups excluding carboxylic acids is 1. The van der Waals surface area contributed by atoms with Gasteiger partial charge in [-0.05, 0) is 26.3 Å². The van der Waals surface area contributed by atoms with Gasteiger partial charge in [0.15, 0.2) is 0 Å². The number of amides is 1. The lowest BCUT2D eigenvalue weighted by Crippen LogP contribution is -2.45. The molecule has 1 aliphatic rings. The molecule has 5 nitrogen and oxygen atoms in total. The van der Waals surface area contributed by atoms with Crippen LogP contribution in [0.1, 0.15) is 33.1 Å². The lowest BCUT2D eigenvalue weighted by atomic mass is 10.0. The molecule has 5 heteroatoms. The quantitative estimate of drug-likeness (QED) is 0.690. The van der Waals surface area contributed by atoms with Crippen molar-refractivity contribution in [3.63, 3.8) is 0 Å². The molecule has 1 rings (SSSR count). The van der Waals surface area contributed by atoms with Gasteiger partial charge < -0.3 is 20.7 Å². The molecule has 1 fully saturated rings. The number of carbonyl (C=O) groups is 1. The summed E-state index contributed by atoms with van der Waals surface area (Å²) in [5.41, 5.74) is 5.56. The van der Waals surface area contributed by atoms with Crippen LogP contribution in [0, 0.1) is 0 Å². The summed E-state index contributed by atoms with van der Waals surface area (Å²) in [6.45, 7) is 8.34. The van der Waals surface area contributed by atoms with E-state index in [0.29, 0.717) is 25.6 Å². The van der Waals surface area contributed by atoms with Gasteiger partial charge in [0.2, 0.25) is 5.91 Å². The molecule has 1 unspecified atom stereocenters. The van der Waals surface area contributed by atoms with Crippen molar-refractivity contribution >= 4 is 5.91 Å². The molecule has 3 N–H and O–H groups in total. The predicted octanol–water partition coefficient (Wildman–Crippen LogP) is 0.341. The minimum Gasteiger partial charge on any atom is -0.377 e. The number of nitrogens with one attached hydrogen (secondary N) is 1. The minimum absolute atomic E-state index is 0.0637. The van der Waals surface area contributed by atoms with Crippen LogP contribution in [0.25, 0.3) is 0 Å². The first kappa shape index (κ1) is 15.4. The van der Waals surface area contributed by atoms with Gasteiger partial charge in [0.05, 0.1) is 12.5 Å². The number of likely N-dealkylation sites (tertiary alicyclic amines) is 1. The molecule has 106 valence electrons. The molecule has 0 aromatic heterocycles. The number of rotatable bonds is 7. The molecular weight excluding hydrogens is 230 g/mol. The van der Waals surface area contributed by atoms with Gasteiger partial charge in [-0.25, -0.2) is 0 Å². The second-order valence-electron chi connectivity index (χ2n) is 4.79. The Labute approximate surface area is 110 Å². The van der Waals surface area contributed by atoms with Crippen LogP contribution in [0.2, 0.25) is 0 Å². The van der Waals surface area contributed by atoms with Crippen LogP contribution in [0.4, 0.5) is 0 Å². The summed E-state index contributed by atoms with van der Waals surface area (Å²) >= 11 is 0. The molecule has 0 saturated carbocycles. The van der Waals surface area contributed by atoms with Crippen molar-refractivity contribution in [3.8, 4) is 0 Å². The first-order valence-corrected chi connectivity index (χ1v) is 7.02. The van der Waals surface area contributed by atoms with Crippen molar-refractivity contribution in [1.82, 2.24) is 10.2 Å². The highest BCUT2D eigenvalue weighted by atomic mass is 16.5. The molecule has 1 heterocycles. The Morgan fingerprint density at radius 2 is 2.11 bits per heavy atom. The van der Waals surface area contributed by atoms with E-state index in [4.69, 9.17) is 10.5 Å². The van der Waals surface area contributed by atoms with E-state index in [1.807, 2.05) is 6.92 Å². The van der Waals surface area contributed by atoms with Gasteiger partial charge in [-0.3, -0.25) is 4.79 Å². The molecule has 1 amide bonds. The van der Waals surface area contributed by atoms with Crippen LogP contribution in [0.5, 0.6) is 0 Å². The van der Waals surface area contributed by atoms with Gasteiger partial charge in [0.1, 0.15) is 0 Å². The third-order valence-electron chi connectivity index (χ3n) is 3.48. The third-order valence-corrected chi connectivity index (χ3v) is 3.48. The number of ether oxygens (including phenoxy) is 1. The molecule has 0 bridgehead atoms. The zero-order valence-electron chi connectivity index (χ0n) is 11.7. The highest BCUT2D eigenvalue weighted by molar-refractivity contribution is 5.76. The van der Waals surface area contributed by atoms with Gasteiger partial charge in [-0.2, -0.15) is 0 Å². The zero-order valence-corrected chi connectivity index (χ0v) is 11.7. The summed E-state index contributed by atoms with van der Waals surface area (Å²) in [5, 5.41) is 3.09. The van der Waals surface area contributed by atoms with E-state index in [1.165, 1.54) is 0 Å². The van der Waals surface area contributed by atoms with E-state index < -0.39 is 0 Å². The van der Waals surface area contributed by atoms with Crippen molar-refractivity contribution in [3.05, 3.63) is 0 Å². The van der Waals surface area contributed by atoms with Crippen LogP contribution in [0.3, 0.4) is 0 Å². The van der Waals surface area contributed by atoms with Crippen LogP contribution >= 0.6 is 0 Å². The fourth-order valence-electron chi connectivity index (χ4n) is 2.33. The molecule has 1 saturated heterocycles. The molecule has 1 aliphatic heterocycles. The molecule has 1 atom stereocenters. The third kappa shape index (κ3) is 5.33. The number of nitrogens with two attached hydrogens (primary N) is 1. The van der Waals surface area contributed by atoms with Crippen molar-refractivity contribution < 1.29 is 9.53 Å². The van der Waals surface area contributed by atoms with Gasteiger partial charge in [-0.15, -0.1) is 0 Å². The summed E-state index contributed by atoms with van der Waals surface area (Å²) in [5.74, 6) is 0.0637. The maximum absolute atomic E-state index is 11.8. The Balaban J connectivity index is 2.23. The summed E-state index contributed by atoms with van der Waals surface area (Å²) in [6, 6.07) is 0.320. The van der Waals surface area contributed by atoms with E-state index in [1.54, 1.807) is 0 Å². The second-order valence-corrected chi connectivity index (χ2v) is 4.79. The van der Waals surface area contributed by atoms with Crippen LogP contribution in [-0.4, -0.2) is 55.7 Å². The first-order chi connectivity index (χ1) is 8.69. The molecule has 0 aliphatic carbocycles. The number of hydrogen-bond donors (Lipinski definition) is 2. The molecule has 0 radical (unpaired) electrons. The molecule has 0 aromatic carbocycles. The van der Waals surface area contributed by atoms with Crippen molar-refractivity contribution in [1.29, 1.82) is 0 Å². The maximum atomic E-state index is 11.8. The lowest BCUT2D eigenvalue weighted by molar-refractivity contribution is -0.124. The van der Waals surface area contributed by atoms with Gasteiger partial charge in [0.25, 0.3) is 0 Å². The first-order valence-electron chi connectivity index (χ1n) is 7.02. The van der Waals surface area contributed by atoms with Gasteiger partial charge in [0, 0.05) is 32.3 Å². The van der Waals surface area contributed by atoms with Crippen molar-refractivity contribution in [2.24, 2.45) is 5.73 Å². The van der Waals surface area contributed by atoms with E-state index >= 15 is 0 Å². The zero-order chi connectivity index (χ0) is 13.4. The Morgan fingerprint density at radius 1 is 1.44 bits per heavy atom. The largest absolute Gasteiger partial charge is 0.377 e. The van der Waals surface area contributed by atoms with E-state index in [2.05, 4.69) is 17.1 Å². The second kappa shape index (κ2) is 8.45. The van der Waals surface area contributed by atoms with E-state index in [0.717, 1.165) is 32.5 Å². The Morgan fingerprint density at radius 3 is 2.61 bits per heavy atom. The predicted molar refractivity (Wildman–Crippen MR) is 72.4 cm³/mol. The smallest absolute Gasteiger partial charge is 0.222 e. The van der Waals surface area contributed by atoms with Crippen molar-refractivity contribution in [2.45, 2.75) is 45.3 Å². The van der Waals surface area contributed by atoms with Crippen molar-refractivity contribution in [2.75, 3.05) is 32.8 Å². The van der Waals surface area contributed by atoms with E-state index in [-0.39, 0.29) is 12.0 Å². The molecule has 0 aromatic rings. The number of hydrogen-bond acceptors (Lipinski definition) is 4. The fraction of sp³-hybridized carbons (Fsp3) is 0.923. The summed E-state index contributed by atoms with van der Waals surface area (Å²) in [6.07, 6.45) is 2.31. The summed E-state index contributed by atoms with van der Waals surface area (Å²) < 4.78 is 5.39. The highest BCUT2D eigenvalue weighted by Crippen LogP contribution is 2.10. The van der Waals surface area contributed by atoms with Crippen LogP contribution < -0.4 is 11.1 Å². The summed E-state index contributed by atoms with van der Waals surface area (Å²) in [7, 11) is 0. The topological polar surface area (TPSA) is 67.6 Å². The monoisotopic (exact) mass is 257 g/mol. The molecule has 0 spiro atoms. The molecular formula is C13H27N3O2. The average Bonchev–Trinajstić information content (AvgIpc) is 2.39. The summed E-state index contributed by atoms with van der Waals surface area (Å²) in [4.78, 5) is 14.3. The number of piperidine rings is 1. The SMILES string of the molecule is CCOC(CN)CC(=O)NC1CCN(CC)CC1. The van der Waals surface area contributed by atoms with E-state index in [9.17, 15) is 4.79 Å². The Hall–Kier alpha value is -0.650. The lowest BCUT2D eigenvalue weighted by Gasteiger charge is -2.31. The molecule has 18 heavy (non-hydrogen) atoms. The normalized spacial score (nSPS) is 19.7. The van der Waals surface area contributed by atoms with Crippen LogP contribution in [0.15, 0.2) is 0 Å². The number of nitrogens with zero attached hydrogens (tertiary/aromatic N) is 1.